The van der Waals surface area contributed by atoms with E-state index < -0.39 is 17.6 Å². The number of hydrogen-bond acceptors (Lipinski definition) is 7. The quantitative estimate of drug-likeness (QED) is 0.227. The molecule has 1 unspecified atom stereocenters. The van der Waals surface area contributed by atoms with E-state index in [0.29, 0.717) is 26.0 Å². The van der Waals surface area contributed by atoms with E-state index >= 15 is 0 Å². The first-order valence-electron chi connectivity index (χ1n) is 14.3. The van der Waals surface area contributed by atoms with Crippen LogP contribution in [0.5, 0.6) is 5.75 Å². The summed E-state index contributed by atoms with van der Waals surface area (Å²) >= 11 is 0. The maximum Gasteiger partial charge on any atom is 0.302 e. The zero-order chi connectivity index (χ0) is 27.7. The molecule has 4 rings (SSSR count). The molecule has 0 saturated carbocycles. The molecule has 8 nitrogen and oxygen atoms in total. The molecule has 2 fully saturated rings. The number of aliphatic hydroxyl groups excluding tert-OH is 1. The van der Waals surface area contributed by atoms with Crippen LogP contribution in [0.15, 0.2) is 48.6 Å². The van der Waals surface area contributed by atoms with Gasteiger partial charge in [-0.3, -0.25) is 9.59 Å². The van der Waals surface area contributed by atoms with Gasteiger partial charge in [0.2, 0.25) is 5.91 Å². The van der Waals surface area contributed by atoms with E-state index in [-0.39, 0.29) is 30.5 Å². The molecule has 8 heteroatoms. The molecular formula is C31H43NO7. The highest BCUT2D eigenvalue weighted by molar-refractivity contribution is 6.00. The first-order valence-corrected chi connectivity index (χ1v) is 14.3. The largest absolute Gasteiger partial charge is 0.497 e. The second-order valence-electron chi connectivity index (χ2n) is 10.7. The fraction of sp³-hybridized carbons (Fsp3) is 0.613. The van der Waals surface area contributed by atoms with Crippen LogP contribution in [0, 0.1) is 11.3 Å². The third kappa shape index (κ3) is 7.50. The van der Waals surface area contributed by atoms with Gasteiger partial charge in [0.25, 0.3) is 0 Å². The van der Waals surface area contributed by atoms with Gasteiger partial charge in [-0.05, 0) is 75.6 Å². The molecule has 0 aromatic heterocycles. The van der Waals surface area contributed by atoms with Gasteiger partial charge in [-0.25, -0.2) is 0 Å². The molecule has 2 aliphatic heterocycles. The van der Waals surface area contributed by atoms with Crippen LogP contribution in [0.1, 0.15) is 64.7 Å². The molecule has 0 radical (unpaired) electrons. The lowest BCUT2D eigenvalue weighted by atomic mass is 9.61. The molecule has 39 heavy (non-hydrogen) atoms. The number of nitrogens with zero attached hydrogens (tertiary/aromatic N) is 1. The number of carbonyl (C=O) groups excluding carboxylic acids is 2. The average Bonchev–Trinajstić information content (AvgIpc) is 2.94. The molecule has 1 N–H and O–H groups in total. The number of ether oxygens (including phenoxy) is 4. The van der Waals surface area contributed by atoms with Crippen LogP contribution >= 0.6 is 0 Å². The van der Waals surface area contributed by atoms with Gasteiger partial charge in [0.1, 0.15) is 11.9 Å². The number of hydrogen-bond donors (Lipinski definition) is 1. The number of anilines is 1. The lowest BCUT2D eigenvalue weighted by Gasteiger charge is -2.50. The highest BCUT2D eigenvalue weighted by Gasteiger charge is 2.54. The zero-order valence-electron chi connectivity index (χ0n) is 23.3. The maximum atomic E-state index is 14.1. The van der Waals surface area contributed by atoms with E-state index in [4.69, 9.17) is 18.9 Å². The molecule has 2 heterocycles. The smallest absolute Gasteiger partial charge is 0.302 e. The molecule has 0 bridgehead atoms. The summed E-state index contributed by atoms with van der Waals surface area (Å²) in [5.41, 5.74) is -0.179. The number of amides is 1. The van der Waals surface area contributed by atoms with Crippen LogP contribution in [0.3, 0.4) is 0 Å². The maximum absolute atomic E-state index is 14.1. The van der Waals surface area contributed by atoms with Gasteiger partial charge in [-0.2, -0.15) is 0 Å². The molecule has 214 valence electrons. The number of rotatable bonds is 12. The second kappa shape index (κ2) is 14.1. The van der Waals surface area contributed by atoms with Crippen molar-refractivity contribution in [3.05, 3.63) is 48.6 Å². The molecule has 1 amide bonds. The monoisotopic (exact) mass is 541 g/mol. The van der Waals surface area contributed by atoms with Gasteiger partial charge in [0, 0.05) is 44.7 Å². The lowest BCUT2D eigenvalue weighted by molar-refractivity contribution is -0.162. The van der Waals surface area contributed by atoms with Crippen LogP contribution in [0.2, 0.25) is 0 Å². The summed E-state index contributed by atoms with van der Waals surface area (Å²) in [6, 6.07) is 7.43. The standard InChI is InChI=1S/C31H43NO7/c1-23(33)39-28-11-9-18-31(22-25(34)10-5-3-4-7-20-37-29-12-6-8-21-38-29)27(28)17-19-32(30(31)35)24-13-15-26(36-2)16-14-24/h5,9-10,13-16,18,25,27-29,34H,3-4,6-8,11-12,17,19-22H2,1-2H3/b10-5-/t25-,27-,28-,29?,31-/m0/s1. The molecule has 0 spiro atoms. The summed E-state index contributed by atoms with van der Waals surface area (Å²) in [4.78, 5) is 27.8. The van der Waals surface area contributed by atoms with Crippen LogP contribution in [0.4, 0.5) is 5.69 Å². The van der Waals surface area contributed by atoms with Crippen molar-refractivity contribution in [3.63, 3.8) is 0 Å². The van der Waals surface area contributed by atoms with Crippen molar-refractivity contribution in [1.82, 2.24) is 0 Å². The van der Waals surface area contributed by atoms with Crippen molar-refractivity contribution >= 4 is 17.6 Å². The average molecular weight is 542 g/mol. The first-order chi connectivity index (χ1) is 18.9. The predicted molar refractivity (Wildman–Crippen MR) is 148 cm³/mol. The summed E-state index contributed by atoms with van der Waals surface area (Å²) < 4.78 is 22.3. The van der Waals surface area contributed by atoms with Gasteiger partial charge in [0.15, 0.2) is 6.29 Å². The van der Waals surface area contributed by atoms with Crippen molar-refractivity contribution in [2.75, 3.05) is 31.8 Å². The number of methoxy groups -OCH3 is 1. The summed E-state index contributed by atoms with van der Waals surface area (Å²) in [6.07, 6.45) is 13.8. The summed E-state index contributed by atoms with van der Waals surface area (Å²) in [6.45, 7) is 3.37. The van der Waals surface area contributed by atoms with Crippen LogP contribution in [-0.2, 0) is 23.8 Å². The van der Waals surface area contributed by atoms with Crippen molar-refractivity contribution in [1.29, 1.82) is 0 Å². The number of allylic oxidation sites excluding steroid dienone is 1. The molecule has 1 aromatic carbocycles. The SMILES string of the molecule is COc1ccc(N2CC[C@H]3[C@@H](OC(C)=O)CC=C[C@@]3(C[C@@H](O)/C=C\CCCCOC3CCCCO3)C2=O)cc1. The van der Waals surface area contributed by atoms with Gasteiger partial charge in [-0.15, -0.1) is 0 Å². The highest BCUT2D eigenvalue weighted by Crippen LogP contribution is 2.49. The fourth-order valence-corrected chi connectivity index (χ4v) is 6.07. The Bertz CT molecular complexity index is 1000. The van der Waals surface area contributed by atoms with Crippen molar-refractivity contribution in [3.8, 4) is 5.75 Å². The molecule has 1 aliphatic carbocycles. The van der Waals surface area contributed by atoms with E-state index in [0.717, 1.165) is 56.6 Å². The van der Waals surface area contributed by atoms with Crippen molar-refractivity contribution in [2.45, 2.75) is 83.2 Å². The fourth-order valence-electron chi connectivity index (χ4n) is 6.07. The number of piperidine rings is 1. The molecule has 5 atom stereocenters. The highest BCUT2D eigenvalue weighted by atomic mass is 16.7. The normalized spacial score (nSPS) is 27.8. The number of esters is 1. The summed E-state index contributed by atoms with van der Waals surface area (Å²) in [5.74, 6) is 0.0913. The Morgan fingerprint density at radius 1 is 1.23 bits per heavy atom. The third-order valence-electron chi connectivity index (χ3n) is 8.01. The Kier molecular flexibility index (Phi) is 10.6. The Morgan fingerprint density at radius 3 is 2.77 bits per heavy atom. The number of carbonyl (C=O) groups is 2. The van der Waals surface area contributed by atoms with Gasteiger partial charge in [-0.1, -0.05) is 24.3 Å². The second-order valence-corrected chi connectivity index (χ2v) is 10.7. The van der Waals surface area contributed by atoms with Gasteiger partial charge >= 0.3 is 5.97 Å². The molecular weight excluding hydrogens is 498 g/mol. The first kappa shape index (κ1) is 29.3. The lowest BCUT2D eigenvalue weighted by Crippen LogP contribution is -2.58. The number of fused-ring (bicyclic) bond motifs is 1. The van der Waals surface area contributed by atoms with E-state index in [1.54, 1.807) is 18.1 Å². The van der Waals surface area contributed by atoms with Crippen LogP contribution in [0.25, 0.3) is 0 Å². The minimum atomic E-state index is -0.964. The minimum Gasteiger partial charge on any atom is -0.497 e. The Balaban J connectivity index is 1.39. The topological polar surface area (TPSA) is 94.5 Å². The van der Waals surface area contributed by atoms with Crippen molar-refractivity contribution < 1.29 is 33.6 Å². The van der Waals surface area contributed by atoms with Gasteiger partial charge in [0.05, 0.1) is 18.6 Å². The van der Waals surface area contributed by atoms with Crippen molar-refractivity contribution in [2.24, 2.45) is 11.3 Å². The Morgan fingerprint density at radius 2 is 2.05 bits per heavy atom. The van der Waals surface area contributed by atoms with Gasteiger partial charge < -0.3 is 29.0 Å². The predicted octanol–water partition coefficient (Wildman–Crippen LogP) is 4.95. The number of aliphatic hydroxyl groups is 1. The van der Waals surface area contributed by atoms with E-state index in [2.05, 4.69) is 0 Å². The summed E-state index contributed by atoms with van der Waals surface area (Å²) in [5, 5.41) is 11.1. The Labute approximate surface area is 231 Å². The summed E-state index contributed by atoms with van der Waals surface area (Å²) in [7, 11) is 1.61. The zero-order valence-corrected chi connectivity index (χ0v) is 23.3. The molecule has 1 aromatic rings. The minimum absolute atomic E-state index is 0.0619. The third-order valence-corrected chi connectivity index (χ3v) is 8.01. The van der Waals surface area contributed by atoms with Crippen LogP contribution in [-0.4, -0.2) is 62.3 Å². The van der Waals surface area contributed by atoms with Crippen LogP contribution < -0.4 is 9.64 Å². The molecule has 3 aliphatic rings. The molecule has 2 saturated heterocycles. The van der Waals surface area contributed by atoms with E-state index in [1.807, 2.05) is 42.5 Å². The number of unbranched alkanes of at least 4 members (excludes halogenated alkanes) is 2. The Hall–Kier alpha value is -2.68. The van der Waals surface area contributed by atoms with E-state index in [9.17, 15) is 14.7 Å². The van der Waals surface area contributed by atoms with E-state index in [1.165, 1.54) is 6.92 Å². The number of benzene rings is 1.